The Hall–Kier alpha value is -1.70. The first kappa shape index (κ1) is 16.2. The molecule has 1 aliphatic rings. The van der Waals surface area contributed by atoms with Crippen molar-refractivity contribution in [1.82, 2.24) is 14.8 Å². The molecule has 2 aromatic rings. The van der Waals surface area contributed by atoms with Gasteiger partial charge in [-0.3, -0.25) is 9.69 Å². The van der Waals surface area contributed by atoms with Gasteiger partial charge in [-0.15, -0.1) is 11.3 Å². The highest BCUT2D eigenvalue weighted by Crippen LogP contribution is 2.26. The van der Waals surface area contributed by atoms with Crippen molar-refractivity contribution in [2.45, 2.75) is 19.4 Å². The first-order chi connectivity index (χ1) is 11.2. The standard InChI is InChI=1S/C16H21N3O3S/c1-2-12(20)11-18-5-7-19(8-6-18)16(21)14-10-17-15(23-14)13-4-3-9-22-13/h3-4,9-10,12,20H,2,5-8,11H2,1H3. The lowest BCUT2D eigenvalue weighted by molar-refractivity contribution is 0.0527. The van der Waals surface area contributed by atoms with E-state index < -0.39 is 0 Å². The number of furan rings is 1. The highest BCUT2D eigenvalue weighted by atomic mass is 32.1. The second-order valence-electron chi connectivity index (χ2n) is 5.66. The number of thiazole rings is 1. The molecule has 1 amide bonds. The Balaban J connectivity index is 1.57. The van der Waals surface area contributed by atoms with E-state index in [1.807, 2.05) is 24.0 Å². The maximum absolute atomic E-state index is 12.6. The van der Waals surface area contributed by atoms with Crippen LogP contribution in [0.5, 0.6) is 0 Å². The van der Waals surface area contributed by atoms with Crippen LogP contribution in [0.4, 0.5) is 0 Å². The van der Waals surface area contributed by atoms with Crippen molar-refractivity contribution >= 4 is 17.2 Å². The maximum atomic E-state index is 12.6. The summed E-state index contributed by atoms with van der Waals surface area (Å²) in [6.45, 7) is 5.62. The van der Waals surface area contributed by atoms with Crippen LogP contribution in [0.15, 0.2) is 29.0 Å². The molecule has 0 spiro atoms. The van der Waals surface area contributed by atoms with Gasteiger partial charge in [0.1, 0.15) is 4.88 Å². The van der Waals surface area contributed by atoms with Crippen LogP contribution in [-0.4, -0.2) is 64.6 Å². The van der Waals surface area contributed by atoms with Gasteiger partial charge in [0.2, 0.25) is 0 Å². The van der Waals surface area contributed by atoms with Crippen LogP contribution < -0.4 is 0 Å². The minimum Gasteiger partial charge on any atom is -0.462 e. The topological polar surface area (TPSA) is 69.8 Å². The van der Waals surface area contributed by atoms with Crippen molar-refractivity contribution in [1.29, 1.82) is 0 Å². The highest BCUT2D eigenvalue weighted by molar-refractivity contribution is 7.16. The summed E-state index contributed by atoms with van der Waals surface area (Å²) in [5.41, 5.74) is 0. The largest absolute Gasteiger partial charge is 0.462 e. The molecule has 0 aliphatic carbocycles. The number of aliphatic hydroxyl groups excluding tert-OH is 1. The predicted molar refractivity (Wildman–Crippen MR) is 88.5 cm³/mol. The third-order valence-corrected chi connectivity index (χ3v) is 5.05. The number of hydrogen-bond donors (Lipinski definition) is 1. The van der Waals surface area contributed by atoms with Crippen LogP contribution in [0.1, 0.15) is 23.0 Å². The van der Waals surface area contributed by atoms with Gasteiger partial charge in [-0.25, -0.2) is 4.98 Å². The molecule has 7 heteroatoms. The summed E-state index contributed by atoms with van der Waals surface area (Å²) in [6, 6.07) is 3.65. The van der Waals surface area contributed by atoms with Gasteiger partial charge in [0, 0.05) is 32.7 Å². The number of carbonyl (C=O) groups excluding carboxylic acids is 1. The van der Waals surface area contributed by atoms with E-state index in [4.69, 9.17) is 4.42 Å². The quantitative estimate of drug-likeness (QED) is 0.904. The molecule has 0 aromatic carbocycles. The first-order valence-electron chi connectivity index (χ1n) is 7.86. The molecule has 1 aliphatic heterocycles. The Labute approximate surface area is 139 Å². The Morgan fingerprint density at radius 3 is 2.87 bits per heavy atom. The third kappa shape index (κ3) is 3.80. The zero-order valence-electron chi connectivity index (χ0n) is 13.1. The van der Waals surface area contributed by atoms with Crippen molar-refractivity contribution in [3.8, 4) is 10.8 Å². The van der Waals surface area contributed by atoms with E-state index in [0.717, 1.165) is 24.5 Å². The molecule has 1 N–H and O–H groups in total. The van der Waals surface area contributed by atoms with Crippen LogP contribution in [-0.2, 0) is 0 Å². The predicted octanol–water partition coefficient (Wildman–Crippen LogP) is 1.93. The molecule has 1 fully saturated rings. The molecular weight excluding hydrogens is 314 g/mol. The number of aromatic nitrogens is 1. The van der Waals surface area contributed by atoms with Crippen LogP contribution in [0.3, 0.4) is 0 Å². The maximum Gasteiger partial charge on any atom is 0.265 e. The molecule has 1 saturated heterocycles. The SMILES string of the molecule is CCC(O)CN1CCN(C(=O)c2cnc(-c3ccco3)s2)CC1. The van der Waals surface area contributed by atoms with Gasteiger partial charge < -0.3 is 14.4 Å². The molecule has 0 saturated carbocycles. The van der Waals surface area contributed by atoms with Gasteiger partial charge in [-0.05, 0) is 18.6 Å². The molecule has 3 heterocycles. The fraction of sp³-hybridized carbons (Fsp3) is 0.500. The number of piperazine rings is 1. The Bertz CT molecular complexity index is 633. The smallest absolute Gasteiger partial charge is 0.265 e. The number of amides is 1. The first-order valence-corrected chi connectivity index (χ1v) is 8.68. The number of aliphatic hydroxyl groups is 1. The summed E-state index contributed by atoms with van der Waals surface area (Å²) in [4.78, 5) is 21.5. The number of rotatable bonds is 5. The molecular formula is C16H21N3O3S. The van der Waals surface area contributed by atoms with Crippen LogP contribution in [0, 0.1) is 0 Å². The molecule has 1 atom stereocenters. The highest BCUT2D eigenvalue weighted by Gasteiger charge is 2.24. The summed E-state index contributed by atoms with van der Waals surface area (Å²) in [7, 11) is 0. The lowest BCUT2D eigenvalue weighted by atomic mass is 10.2. The number of nitrogens with zero attached hydrogens (tertiary/aromatic N) is 3. The van der Waals surface area contributed by atoms with Crippen LogP contribution in [0.2, 0.25) is 0 Å². The van der Waals surface area contributed by atoms with E-state index >= 15 is 0 Å². The summed E-state index contributed by atoms with van der Waals surface area (Å²) in [5, 5.41) is 10.4. The molecule has 3 rings (SSSR count). The van der Waals surface area contributed by atoms with E-state index in [-0.39, 0.29) is 12.0 Å². The van der Waals surface area contributed by atoms with Crippen LogP contribution >= 0.6 is 11.3 Å². The molecule has 23 heavy (non-hydrogen) atoms. The van der Waals surface area contributed by atoms with Crippen LogP contribution in [0.25, 0.3) is 10.8 Å². The zero-order chi connectivity index (χ0) is 16.2. The summed E-state index contributed by atoms with van der Waals surface area (Å²) < 4.78 is 5.31. The lowest BCUT2D eigenvalue weighted by Crippen LogP contribution is -2.50. The average Bonchev–Trinajstić information content (AvgIpc) is 3.25. The third-order valence-electron chi connectivity index (χ3n) is 4.05. The van der Waals surface area contributed by atoms with Crippen molar-refractivity contribution < 1.29 is 14.3 Å². The Morgan fingerprint density at radius 2 is 2.22 bits per heavy atom. The van der Waals surface area contributed by atoms with Gasteiger partial charge in [-0.1, -0.05) is 6.92 Å². The van der Waals surface area contributed by atoms with Crippen molar-refractivity contribution in [3.05, 3.63) is 29.5 Å². The fourth-order valence-electron chi connectivity index (χ4n) is 2.60. The van der Waals surface area contributed by atoms with Gasteiger partial charge in [0.15, 0.2) is 10.8 Å². The average molecular weight is 335 g/mol. The minimum absolute atomic E-state index is 0.0241. The van der Waals surface area contributed by atoms with E-state index in [1.54, 1.807) is 12.5 Å². The van der Waals surface area contributed by atoms with Gasteiger partial charge in [0.25, 0.3) is 5.91 Å². The Kier molecular flexibility index (Phi) is 5.09. The second kappa shape index (κ2) is 7.25. The van der Waals surface area contributed by atoms with Gasteiger partial charge >= 0.3 is 0 Å². The summed E-state index contributed by atoms with van der Waals surface area (Å²) >= 11 is 1.36. The molecule has 0 radical (unpaired) electrons. The minimum atomic E-state index is -0.283. The van der Waals surface area contributed by atoms with Gasteiger partial charge in [0.05, 0.1) is 18.6 Å². The van der Waals surface area contributed by atoms with Crippen molar-refractivity contribution in [2.24, 2.45) is 0 Å². The fourth-order valence-corrected chi connectivity index (χ4v) is 3.46. The van der Waals surface area contributed by atoms with E-state index in [2.05, 4.69) is 9.88 Å². The van der Waals surface area contributed by atoms with Crippen molar-refractivity contribution in [2.75, 3.05) is 32.7 Å². The normalized spacial score (nSPS) is 17.4. The van der Waals surface area contributed by atoms with E-state index in [1.165, 1.54) is 11.3 Å². The summed E-state index contributed by atoms with van der Waals surface area (Å²) in [6.07, 6.45) is 3.70. The molecule has 1 unspecified atom stereocenters. The monoisotopic (exact) mass is 335 g/mol. The number of carbonyl (C=O) groups is 1. The molecule has 2 aromatic heterocycles. The molecule has 124 valence electrons. The lowest BCUT2D eigenvalue weighted by Gasteiger charge is -2.35. The van der Waals surface area contributed by atoms with Crippen molar-refractivity contribution in [3.63, 3.8) is 0 Å². The number of β-amino-alcohol motifs (C(OH)–C–C–N with tert-alkyl or cyclic N) is 1. The second-order valence-corrected chi connectivity index (χ2v) is 6.69. The summed E-state index contributed by atoms with van der Waals surface area (Å²) in [5.74, 6) is 0.711. The van der Waals surface area contributed by atoms with E-state index in [9.17, 15) is 9.90 Å². The van der Waals surface area contributed by atoms with E-state index in [0.29, 0.717) is 30.3 Å². The van der Waals surface area contributed by atoms with Gasteiger partial charge in [-0.2, -0.15) is 0 Å². The molecule has 6 nitrogen and oxygen atoms in total. The Morgan fingerprint density at radius 1 is 1.43 bits per heavy atom. The zero-order valence-corrected chi connectivity index (χ0v) is 14.0. The molecule has 0 bridgehead atoms. The number of hydrogen-bond acceptors (Lipinski definition) is 6.